The molecule has 1 aromatic carbocycles. The summed E-state index contributed by atoms with van der Waals surface area (Å²) < 4.78 is 5.40. The zero-order valence-electron chi connectivity index (χ0n) is 10.4. The summed E-state index contributed by atoms with van der Waals surface area (Å²) in [4.78, 5) is 0. The van der Waals surface area contributed by atoms with Crippen molar-refractivity contribution >= 4 is 11.6 Å². The molecule has 0 aliphatic carbocycles. The van der Waals surface area contributed by atoms with Crippen molar-refractivity contribution in [2.24, 2.45) is 5.92 Å². The predicted molar refractivity (Wildman–Crippen MR) is 70.3 cm³/mol. The van der Waals surface area contributed by atoms with Crippen LogP contribution >= 0.6 is 11.6 Å². The summed E-state index contributed by atoms with van der Waals surface area (Å²) in [6.45, 7) is 7.13. The third-order valence-corrected chi connectivity index (χ3v) is 3.29. The zero-order valence-corrected chi connectivity index (χ0v) is 11.1. The van der Waals surface area contributed by atoms with Crippen LogP contribution in [0.3, 0.4) is 0 Å². The molecule has 0 N–H and O–H groups in total. The van der Waals surface area contributed by atoms with Gasteiger partial charge in [0.1, 0.15) is 5.75 Å². The molecule has 0 heterocycles. The van der Waals surface area contributed by atoms with Crippen LogP contribution in [-0.2, 0) is 0 Å². The molecule has 1 nitrogen and oxygen atoms in total. The molecule has 0 saturated heterocycles. The van der Waals surface area contributed by atoms with E-state index >= 15 is 0 Å². The van der Waals surface area contributed by atoms with Gasteiger partial charge < -0.3 is 4.74 Å². The maximum absolute atomic E-state index is 6.37. The molecule has 2 atom stereocenters. The highest BCUT2D eigenvalue weighted by atomic mass is 35.5. The second-order valence-corrected chi connectivity index (χ2v) is 4.75. The first-order valence-electron chi connectivity index (χ1n) is 6.04. The van der Waals surface area contributed by atoms with Gasteiger partial charge in [0.15, 0.2) is 0 Å². The molecule has 0 bridgehead atoms. The van der Waals surface area contributed by atoms with Gasteiger partial charge in [-0.05, 0) is 37.0 Å². The van der Waals surface area contributed by atoms with Gasteiger partial charge in [0.05, 0.1) is 12.0 Å². The number of hydrogen-bond donors (Lipinski definition) is 0. The van der Waals surface area contributed by atoms with Crippen LogP contribution in [0.1, 0.15) is 44.6 Å². The summed E-state index contributed by atoms with van der Waals surface area (Å²) in [5, 5.41) is 0.116. The molecule has 0 spiro atoms. The van der Waals surface area contributed by atoms with E-state index in [0.717, 1.165) is 12.2 Å². The Morgan fingerprint density at radius 3 is 2.31 bits per heavy atom. The second kappa shape index (κ2) is 6.80. The van der Waals surface area contributed by atoms with Gasteiger partial charge in [-0.1, -0.05) is 32.4 Å². The van der Waals surface area contributed by atoms with Crippen molar-refractivity contribution < 1.29 is 4.74 Å². The fourth-order valence-corrected chi connectivity index (χ4v) is 2.05. The molecule has 0 aliphatic heterocycles. The number of ether oxygens (including phenoxy) is 1. The average Bonchev–Trinajstić information content (AvgIpc) is 2.30. The molecule has 0 amide bonds. The molecule has 0 aromatic heterocycles. The average molecular weight is 241 g/mol. The van der Waals surface area contributed by atoms with E-state index in [1.807, 2.05) is 19.1 Å². The van der Waals surface area contributed by atoms with Gasteiger partial charge >= 0.3 is 0 Å². The molecule has 0 fully saturated rings. The van der Waals surface area contributed by atoms with Crippen molar-refractivity contribution in [1.82, 2.24) is 0 Å². The van der Waals surface area contributed by atoms with Crippen LogP contribution in [0.4, 0.5) is 0 Å². The van der Waals surface area contributed by atoms with Gasteiger partial charge in [0, 0.05) is 0 Å². The number of halogens is 1. The quantitative estimate of drug-likeness (QED) is 0.649. The van der Waals surface area contributed by atoms with Crippen molar-refractivity contribution in [1.29, 1.82) is 0 Å². The summed E-state index contributed by atoms with van der Waals surface area (Å²) >= 11 is 6.37. The maximum atomic E-state index is 6.37. The number of rotatable bonds is 6. The Bertz CT molecular complexity index is 294. The van der Waals surface area contributed by atoms with E-state index in [2.05, 4.69) is 26.0 Å². The number of alkyl halides is 1. The van der Waals surface area contributed by atoms with Crippen molar-refractivity contribution in [3.63, 3.8) is 0 Å². The van der Waals surface area contributed by atoms with Gasteiger partial charge in [-0.2, -0.15) is 0 Å². The van der Waals surface area contributed by atoms with Crippen molar-refractivity contribution in [2.75, 3.05) is 6.61 Å². The summed E-state index contributed by atoms with van der Waals surface area (Å²) in [5.74, 6) is 1.59. The van der Waals surface area contributed by atoms with E-state index in [0.29, 0.717) is 12.5 Å². The Labute approximate surface area is 104 Å². The highest BCUT2D eigenvalue weighted by Gasteiger charge is 2.11. The van der Waals surface area contributed by atoms with E-state index < -0.39 is 0 Å². The standard InChI is InChI=1S/C14H21ClO/c1-4-11(3)10-14(15)12-6-8-13(9-7-12)16-5-2/h6-9,11,14H,4-5,10H2,1-3H3. The third-order valence-electron chi connectivity index (χ3n) is 2.86. The van der Waals surface area contributed by atoms with Crippen molar-refractivity contribution in [2.45, 2.75) is 39.0 Å². The summed E-state index contributed by atoms with van der Waals surface area (Å²) in [6.07, 6.45) is 2.21. The number of benzene rings is 1. The molecule has 1 rings (SSSR count). The minimum Gasteiger partial charge on any atom is -0.494 e. The lowest BCUT2D eigenvalue weighted by Gasteiger charge is -2.14. The highest BCUT2D eigenvalue weighted by Crippen LogP contribution is 2.29. The fourth-order valence-electron chi connectivity index (χ4n) is 1.60. The monoisotopic (exact) mass is 240 g/mol. The molecular formula is C14H21ClO. The van der Waals surface area contributed by atoms with E-state index in [1.54, 1.807) is 0 Å². The van der Waals surface area contributed by atoms with Gasteiger partial charge in [-0.15, -0.1) is 11.6 Å². The Morgan fingerprint density at radius 1 is 1.19 bits per heavy atom. The molecule has 0 saturated carbocycles. The number of hydrogen-bond acceptors (Lipinski definition) is 1. The van der Waals surface area contributed by atoms with E-state index in [-0.39, 0.29) is 5.38 Å². The minimum absolute atomic E-state index is 0.116. The van der Waals surface area contributed by atoms with Crippen molar-refractivity contribution in [3.05, 3.63) is 29.8 Å². The first kappa shape index (κ1) is 13.4. The van der Waals surface area contributed by atoms with Crippen LogP contribution in [-0.4, -0.2) is 6.61 Å². The molecule has 0 radical (unpaired) electrons. The van der Waals surface area contributed by atoms with Crippen LogP contribution in [0, 0.1) is 5.92 Å². The van der Waals surface area contributed by atoms with Crippen LogP contribution in [0.25, 0.3) is 0 Å². The zero-order chi connectivity index (χ0) is 12.0. The highest BCUT2D eigenvalue weighted by molar-refractivity contribution is 6.20. The van der Waals surface area contributed by atoms with Crippen LogP contribution < -0.4 is 4.74 Å². The normalized spacial score (nSPS) is 14.5. The van der Waals surface area contributed by atoms with Gasteiger partial charge in [-0.3, -0.25) is 0 Å². The molecule has 0 aliphatic rings. The van der Waals surface area contributed by atoms with E-state index in [9.17, 15) is 0 Å². The Kier molecular flexibility index (Phi) is 5.68. The SMILES string of the molecule is CCOc1ccc(C(Cl)CC(C)CC)cc1. The predicted octanol–water partition coefficient (Wildman–Crippen LogP) is 4.80. The van der Waals surface area contributed by atoms with E-state index in [4.69, 9.17) is 16.3 Å². The lowest BCUT2D eigenvalue weighted by Crippen LogP contribution is -1.99. The first-order valence-corrected chi connectivity index (χ1v) is 6.47. The first-order chi connectivity index (χ1) is 7.67. The third kappa shape index (κ3) is 4.05. The van der Waals surface area contributed by atoms with Crippen LogP contribution in [0.2, 0.25) is 0 Å². The molecule has 16 heavy (non-hydrogen) atoms. The Hall–Kier alpha value is -0.690. The van der Waals surface area contributed by atoms with Crippen LogP contribution in [0.5, 0.6) is 5.75 Å². The Morgan fingerprint density at radius 2 is 1.81 bits per heavy atom. The van der Waals surface area contributed by atoms with Crippen LogP contribution in [0.15, 0.2) is 24.3 Å². The molecule has 90 valence electrons. The molecule has 2 heteroatoms. The smallest absolute Gasteiger partial charge is 0.119 e. The van der Waals surface area contributed by atoms with Crippen molar-refractivity contribution in [3.8, 4) is 5.75 Å². The molecular weight excluding hydrogens is 220 g/mol. The topological polar surface area (TPSA) is 9.23 Å². The largest absolute Gasteiger partial charge is 0.494 e. The minimum atomic E-state index is 0.116. The molecule has 2 unspecified atom stereocenters. The van der Waals surface area contributed by atoms with Gasteiger partial charge in [-0.25, -0.2) is 0 Å². The lowest BCUT2D eigenvalue weighted by atomic mass is 9.98. The second-order valence-electron chi connectivity index (χ2n) is 4.22. The maximum Gasteiger partial charge on any atom is 0.119 e. The fraction of sp³-hybridized carbons (Fsp3) is 0.571. The Balaban J connectivity index is 2.59. The lowest BCUT2D eigenvalue weighted by molar-refractivity contribution is 0.340. The van der Waals surface area contributed by atoms with E-state index in [1.165, 1.54) is 12.0 Å². The van der Waals surface area contributed by atoms with Gasteiger partial charge in [0.25, 0.3) is 0 Å². The summed E-state index contributed by atoms with van der Waals surface area (Å²) in [5.41, 5.74) is 1.19. The van der Waals surface area contributed by atoms with Gasteiger partial charge in [0.2, 0.25) is 0 Å². The summed E-state index contributed by atoms with van der Waals surface area (Å²) in [6, 6.07) is 8.10. The summed E-state index contributed by atoms with van der Waals surface area (Å²) in [7, 11) is 0. The molecule has 1 aromatic rings.